The lowest BCUT2D eigenvalue weighted by Crippen LogP contribution is -2.21. The van der Waals surface area contributed by atoms with Gasteiger partial charge in [-0.15, -0.1) is 11.3 Å². The van der Waals surface area contributed by atoms with Crippen molar-refractivity contribution in [2.45, 2.75) is 33.6 Å². The Morgan fingerprint density at radius 1 is 1.36 bits per heavy atom. The first kappa shape index (κ1) is 19.5. The van der Waals surface area contributed by atoms with Crippen LogP contribution in [0, 0.1) is 32.1 Å². The molecule has 1 amide bonds. The Hall–Kier alpha value is -3.25. The molecule has 144 valence electrons. The first-order valence-electron chi connectivity index (χ1n) is 8.64. The molecule has 0 aliphatic rings. The summed E-state index contributed by atoms with van der Waals surface area (Å²) >= 11 is 1.24. The molecule has 1 N–H and O–H groups in total. The highest BCUT2D eigenvalue weighted by molar-refractivity contribution is 7.14. The van der Waals surface area contributed by atoms with Crippen LogP contribution in [-0.4, -0.2) is 33.1 Å². The molecule has 0 bridgehead atoms. The van der Waals surface area contributed by atoms with Gasteiger partial charge in [-0.3, -0.25) is 9.59 Å². The summed E-state index contributed by atoms with van der Waals surface area (Å²) in [6, 6.07) is 5.50. The van der Waals surface area contributed by atoms with Gasteiger partial charge in [0, 0.05) is 23.9 Å². The van der Waals surface area contributed by atoms with Crippen LogP contribution in [0.4, 0.5) is 5.00 Å². The average molecular weight is 397 g/mol. The number of esters is 1. The first-order chi connectivity index (χ1) is 13.4. The fraction of sp³-hybridized carbons (Fsp3) is 0.316. The van der Waals surface area contributed by atoms with E-state index in [1.807, 2.05) is 32.9 Å². The van der Waals surface area contributed by atoms with Crippen LogP contribution >= 0.6 is 11.3 Å². The number of nitrogens with zero attached hydrogens (tertiary/aromatic N) is 4. The maximum Gasteiger partial charge on any atom is 0.306 e. The van der Waals surface area contributed by atoms with Gasteiger partial charge in [0.05, 0.1) is 11.3 Å². The lowest BCUT2D eigenvalue weighted by Gasteiger charge is -2.11. The van der Waals surface area contributed by atoms with Gasteiger partial charge in [-0.2, -0.15) is 10.4 Å². The van der Waals surface area contributed by atoms with Gasteiger partial charge in [0.1, 0.15) is 11.1 Å². The molecule has 3 heterocycles. The average Bonchev–Trinajstić information content (AvgIpc) is 3.25. The summed E-state index contributed by atoms with van der Waals surface area (Å²) in [5, 5.41) is 18.1. The molecule has 0 aliphatic heterocycles. The zero-order chi connectivity index (χ0) is 20.3. The van der Waals surface area contributed by atoms with E-state index in [9.17, 15) is 9.59 Å². The summed E-state index contributed by atoms with van der Waals surface area (Å²) in [4.78, 5) is 28.5. The normalized spacial score (nSPS) is 10.6. The predicted molar refractivity (Wildman–Crippen MR) is 104 cm³/mol. The quantitative estimate of drug-likeness (QED) is 0.641. The number of hydrogen-bond acceptors (Lipinski definition) is 7. The molecule has 0 spiro atoms. The van der Waals surface area contributed by atoms with Crippen molar-refractivity contribution in [1.29, 1.82) is 5.26 Å². The standard InChI is InChI=1S/C19H19N5O3S/c1-11-8-16-21-12(2)15(13(3)24(16)23-11)4-5-18(26)27-10-17(25)22-19-14(9-20)6-7-28-19/h6-8H,4-5,10H2,1-3H3,(H,22,25). The first-order valence-corrected chi connectivity index (χ1v) is 9.52. The molecule has 0 fully saturated rings. The van der Waals surface area contributed by atoms with E-state index in [2.05, 4.69) is 15.4 Å². The van der Waals surface area contributed by atoms with Crippen LogP contribution in [0.2, 0.25) is 0 Å². The number of aryl methyl sites for hydroxylation is 3. The number of anilines is 1. The second-order valence-corrected chi connectivity index (χ2v) is 7.22. The zero-order valence-corrected chi connectivity index (χ0v) is 16.6. The second-order valence-electron chi connectivity index (χ2n) is 6.30. The molecule has 0 unspecified atom stereocenters. The third kappa shape index (κ3) is 4.18. The number of amides is 1. The minimum Gasteiger partial charge on any atom is -0.456 e. The molecule has 3 aromatic rings. The van der Waals surface area contributed by atoms with Crippen LogP contribution in [0.1, 0.15) is 34.6 Å². The lowest BCUT2D eigenvalue weighted by atomic mass is 10.1. The number of rotatable bonds is 6. The molecule has 9 heteroatoms. The van der Waals surface area contributed by atoms with Gasteiger partial charge < -0.3 is 10.1 Å². The summed E-state index contributed by atoms with van der Waals surface area (Å²) in [5.74, 6) is -0.952. The SMILES string of the molecule is Cc1cc2nc(C)c(CCC(=O)OCC(=O)Nc3sccc3C#N)c(C)n2n1. The number of carbonyl (C=O) groups excluding carboxylic acids is 2. The Kier molecular flexibility index (Phi) is 5.70. The van der Waals surface area contributed by atoms with Crippen LogP contribution in [0.25, 0.3) is 5.65 Å². The third-order valence-corrected chi connectivity index (χ3v) is 5.10. The van der Waals surface area contributed by atoms with E-state index in [0.29, 0.717) is 17.0 Å². The highest BCUT2D eigenvalue weighted by atomic mass is 32.1. The third-order valence-electron chi connectivity index (χ3n) is 4.27. The van der Waals surface area contributed by atoms with Gasteiger partial charge in [0.15, 0.2) is 12.3 Å². The van der Waals surface area contributed by atoms with E-state index in [4.69, 9.17) is 10.00 Å². The van der Waals surface area contributed by atoms with E-state index in [1.54, 1.807) is 16.0 Å². The maximum absolute atomic E-state index is 12.0. The highest BCUT2D eigenvalue weighted by Gasteiger charge is 2.15. The second kappa shape index (κ2) is 8.19. The molecule has 0 atom stereocenters. The van der Waals surface area contributed by atoms with Gasteiger partial charge in [-0.25, -0.2) is 9.50 Å². The van der Waals surface area contributed by atoms with Gasteiger partial charge in [-0.05, 0) is 44.2 Å². The Bertz CT molecular complexity index is 1090. The molecular weight excluding hydrogens is 378 g/mol. The summed E-state index contributed by atoms with van der Waals surface area (Å²) in [5.41, 5.74) is 4.75. The summed E-state index contributed by atoms with van der Waals surface area (Å²) in [6.07, 6.45) is 0.578. The van der Waals surface area contributed by atoms with E-state index in [-0.39, 0.29) is 6.42 Å². The largest absolute Gasteiger partial charge is 0.456 e. The summed E-state index contributed by atoms with van der Waals surface area (Å²) in [7, 11) is 0. The van der Waals surface area contributed by atoms with Crippen molar-refractivity contribution in [3.63, 3.8) is 0 Å². The molecule has 3 rings (SSSR count). The van der Waals surface area contributed by atoms with Crippen molar-refractivity contribution >= 4 is 33.9 Å². The van der Waals surface area contributed by atoms with E-state index < -0.39 is 18.5 Å². The van der Waals surface area contributed by atoms with Gasteiger partial charge in [0.2, 0.25) is 0 Å². The van der Waals surface area contributed by atoms with Gasteiger partial charge >= 0.3 is 5.97 Å². The molecular formula is C19H19N5O3S. The van der Waals surface area contributed by atoms with Crippen molar-refractivity contribution in [2.24, 2.45) is 0 Å². The molecule has 0 aromatic carbocycles. The molecule has 0 radical (unpaired) electrons. The minimum atomic E-state index is -0.477. The van der Waals surface area contributed by atoms with Crippen molar-refractivity contribution in [3.8, 4) is 6.07 Å². The van der Waals surface area contributed by atoms with E-state index in [0.717, 1.165) is 28.3 Å². The number of thiophene rings is 1. The van der Waals surface area contributed by atoms with Crippen LogP contribution < -0.4 is 5.32 Å². The van der Waals surface area contributed by atoms with Gasteiger partial charge in [0.25, 0.3) is 5.91 Å². The Labute approximate surface area is 165 Å². The number of nitrogens with one attached hydrogen (secondary N) is 1. The Morgan fingerprint density at radius 2 is 2.14 bits per heavy atom. The molecule has 28 heavy (non-hydrogen) atoms. The number of fused-ring (bicyclic) bond motifs is 1. The van der Waals surface area contributed by atoms with Crippen LogP contribution in [0.3, 0.4) is 0 Å². The van der Waals surface area contributed by atoms with Crippen molar-refractivity contribution in [2.75, 3.05) is 11.9 Å². The topological polar surface area (TPSA) is 109 Å². The minimum absolute atomic E-state index is 0.130. The number of ether oxygens (including phenoxy) is 1. The maximum atomic E-state index is 12.0. The van der Waals surface area contributed by atoms with Crippen molar-refractivity contribution in [3.05, 3.63) is 45.7 Å². The fourth-order valence-electron chi connectivity index (χ4n) is 2.91. The Morgan fingerprint density at radius 3 is 2.89 bits per heavy atom. The van der Waals surface area contributed by atoms with Gasteiger partial charge in [-0.1, -0.05) is 0 Å². The molecule has 0 saturated heterocycles. The number of carbonyl (C=O) groups is 2. The number of hydrogen-bond donors (Lipinski definition) is 1. The van der Waals surface area contributed by atoms with E-state index >= 15 is 0 Å². The highest BCUT2D eigenvalue weighted by Crippen LogP contribution is 2.22. The van der Waals surface area contributed by atoms with E-state index in [1.165, 1.54) is 11.3 Å². The molecule has 8 nitrogen and oxygen atoms in total. The smallest absolute Gasteiger partial charge is 0.306 e. The van der Waals surface area contributed by atoms with Crippen molar-refractivity contribution in [1.82, 2.24) is 14.6 Å². The van der Waals surface area contributed by atoms with Crippen molar-refractivity contribution < 1.29 is 14.3 Å². The molecule has 0 saturated carbocycles. The predicted octanol–water partition coefficient (Wildman–Crippen LogP) is 2.70. The van der Waals surface area contributed by atoms with Crippen LogP contribution in [0.15, 0.2) is 17.5 Å². The Balaban J connectivity index is 1.55. The zero-order valence-electron chi connectivity index (χ0n) is 15.8. The number of aromatic nitrogens is 3. The van der Waals surface area contributed by atoms with Crippen LogP contribution in [-0.2, 0) is 20.7 Å². The fourth-order valence-corrected chi connectivity index (χ4v) is 3.66. The monoisotopic (exact) mass is 397 g/mol. The van der Waals surface area contributed by atoms with Crippen LogP contribution in [0.5, 0.6) is 0 Å². The molecule has 3 aromatic heterocycles. The summed E-state index contributed by atoms with van der Waals surface area (Å²) < 4.78 is 6.82. The molecule has 0 aliphatic carbocycles. The number of nitriles is 1. The summed E-state index contributed by atoms with van der Waals surface area (Å²) in [6.45, 7) is 5.35. The lowest BCUT2D eigenvalue weighted by molar-refractivity contribution is -0.147.